The van der Waals surface area contributed by atoms with Crippen LogP contribution in [0.15, 0.2) is 12.3 Å². The summed E-state index contributed by atoms with van der Waals surface area (Å²) in [5.74, 6) is -1.26. The van der Waals surface area contributed by atoms with E-state index in [2.05, 4.69) is 39.6 Å². The minimum absolute atomic E-state index is 0.0504. The quantitative estimate of drug-likeness (QED) is 0.571. The number of carboxylic acids is 1. The van der Waals surface area contributed by atoms with Gasteiger partial charge in [0, 0.05) is 23.9 Å². The molecule has 2 N–H and O–H groups in total. The van der Waals surface area contributed by atoms with Gasteiger partial charge >= 0.3 is 5.97 Å². The maximum atomic E-state index is 10.7. The van der Waals surface area contributed by atoms with Gasteiger partial charge in [0.15, 0.2) is 5.76 Å². The molecule has 1 heterocycles. The molecule has 1 aliphatic rings. The van der Waals surface area contributed by atoms with Crippen molar-refractivity contribution >= 4 is 5.97 Å². The molecule has 0 spiro atoms. The van der Waals surface area contributed by atoms with Crippen LogP contribution in [0.3, 0.4) is 0 Å². The fraction of sp³-hybridized carbons (Fsp3) is 0.750. The highest BCUT2D eigenvalue weighted by Gasteiger charge is 2.39. The van der Waals surface area contributed by atoms with Crippen molar-refractivity contribution in [2.75, 3.05) is 0 Å². The number of carboxylic acid groups (broad SMARTS) is 1. The molecule has 1 rings (SSSR count). The van der Waals surface area contributed by atoms with E-state index in [9.17, 15) is 4.79 Å². The van der Waals surface area contributed by atoms with Gasteiger partial charge in [0.1, 0.15) is 6.10 Å². The van der Waals surface area contributed by atoms with Crippen LogP contribution in [0.4, 0.5) is 0 Å². The minimum Gasteiger partial charge on any atom is -0.484 e. The predicted molar refractivity (Wildman–Crippen MR) is 62.2 cm³/mol. The summed E-state index contributed by atoms with van der Waals surface area (Å²) < 4.78 is 5.39. The number of carbonyl (C=O) groups is 1. The van der Waals surface area contributed by atoms with Gasteiger partial charge in [0.2, 0.25) is 0 Å². The number of hydrogen-bond donors (Lipinski definition) is 2. The summed E-state index contributed by atoms with van der Waals surface area (Å²) in [6, 6.07) is 0. The van der Waals surface area contributed by atoms with Crippen LogP contribution in [0.5, 0.6) is 0 Å². The van der Waals surface area contributed by atoms with Crippen LogP contribution in [0, 0.1) is 0 Å². The van der Waals surface area contributed by atoms with Gasteiger partial charge in [-0.1, -0.05) is 0 Å². The third-order valence-electron chi connectivity index (χ3n) is 2.70. The van der Waals surface area contributed by atoms with E-state index in [0.29, 0.717) is 0 Å². The Labute approximate surface area is 96.7 Å². The third kappa shape index (κ3) is 3.52. The molecule has 0 aromatic rings. The molecule has 0 aliphatic carbocycles. The molecule has 92 valence electrons. The highest BCUT2D eigenvalue weighted by atomic mass is 16.5. The summed E-state index contributed by atoms with van der Waals surface area (Å²) in [6.45, 7) is 11.8. The predicted octanol–water partition coefficient (Wildman–Crippen LogP) is 1.91. The van der Waals surface area contributed by atoms with E-state index in [-0.39, 0.29) is 22.9 Å². The molecule has 4 nitrogen and oxygen atoms in total. The smallest absolute Gasteiger partial charge is 0.370 e. The zero-order chi connectivity index (χ0) is 12.6. The van der Waals surface area contributed by atoms with E-state index >= 15 is 0 Å². The minimum atomic E-state index is -1.09. The Morgan fingerprint density at radius 1 is 1.31 bits per heavy atom. The van der Waals surface area contributed by atoms with E-state index < -0.39 is 5.97 Å². The Hall–Kier alpha value is -1.03. The number of rotatable bonds is 3. The number of nitrogens with one attached hydrogen (secondary N) is 1. The molecular weight excluding hydrogens is 206 g/mol. The summed E-state index contributed by atoms with van der Waals surface area (Å²) >= 11 is 0. The van der Waals surface area contributed by atoms with Gasteiger partial charge in [0.05, 0.1) is 0 Å². The molecule has 0 aromatic carbocycles. The van der Waals surface area contributed by atoms with Crippen molar-refractivity contribution in [3.05, 3.63) is 12.3 Å². The molecule has 16 heavy (non-hydrogen) atoms. The van der Waals surface area contributed by atoms with Crippen molar-refractivity contribution < 1.29 is 14.6 Å². The zero-order valence-corrected chi connectivity index (χ0v) is 10.5. The zero-order valence-electron chi connectivity index (χ0n) is 10.5. The third-order valence-corrected chi connectivity index (χ3v) is 2.70. The van der Waals surface area contributed by atoms with Crippen LogP contribution in [0.25, 0.3) is 0 Å². The van der Waals surface area contributed by atoms with Gasteiger partial charge < -0.3 is 15.2 Å². The number of piperidine rings is 1. The average Bonchev–Trinajstić information content (AvgIpc) is 1.96. The highest BCUT2D eigenvalue weighted by Crippen LogP contribution is 2.31. The summed E-state index contributed by atoms with van der Waals surface area (Å²) in [7, 11) is 0. The largest absolute Gasteiger partial charge is 0.484 e. The van der Waals surface area contributed by atoms with Crippen molar-refractivity contribution in [2.45, 2.75) is 57.7 Å². The molecule has 0 aromatic heterocycles. The molecule has 1 saturated heterocycles. The van der Waals surface area contributed by atoms with Gasteiger partial charge in [-0.05, 0) is 34.3 Å². The Balaban J connectivity index is 2.68. The lowest BCUT2D eigenvalue weighted by molar-refractivity contribution is -0.138. The van der Waals surface area contributed by atoms with Crippen molar-refractivity contribution in [3.63, 3.8) is 0 Å². The Kier molecular flexibility index (Phi) is 3.33. The standard InChI is InChI=1S/C12H21NO3/c1-8(10(14)15)16-9-6-11(2,3)13-12(4,5)7-9/h9,13H,1,6-7H2,2-5H3,(H,14,15). The van der Waals surface area contributed by atoms with Gasteiger partial charge in [-0.3, -0.25) is 0 Å². The fourth-order valence-corrected chi connectivity index (χ4v) is 2.56. The van der Waals surface area contributed by atoms with E-state index in [1.54, 1.807) is 0 Å². The van der Waals surface area contributed by atoms with Crippen LogP contribution in [-0.4, -0.2) is 28.3 Å². The van der Waals surface area contributed by atoms with E-state index in [4.69, 9.17) is 9.84 Å². The topological polar surface area (TPSA) is 58.6 Å². The van der Waals surface area contributed by atoms with Crippen LogP contribution in [0.1, 0.15) is 40.5 Å². The second-order valence-electron chi connectivity index (χ2n) is 5.77. The number of ether oxygens (including phenoxy) is 1. The van der Waals surface area contributed by atoms with E-state index in [0.717, 1.165) is 12.8 Å². The fourth-order valence-electron chi connectivity index (χ4n) is 2.56. The maximum absolute atomic E-state index is 10.7. The normalized spacial score (nSPS) is 23.8. The Morgan fingerprint density at radius 2 is 1.75 bits per heavy atom. The van der Waals surface area contributed by atoms with Gasteiger partial charge in [-0.2, -0.15) is 0 Å². The van der Waals surface area contributed by atoms with Crippen LogP contribution in [0.2, 0.25) is 0 Å². The molecule has 1 fully saturated rings. The summed E-state index contributed by atoms with van der Waals surface area (Å²) in [4.78, 5) is 10.7. The lowest BCUT2D eigenvalue weighted by atomic mass is 9.81. The Morgan fingerprint density at radius 3 is 2.12 bits per heavy atom. The molecule has 0 amide bonds. The van der Waals surface area contributed by atoms with E-state index in [1.807, 2.05) is 0 Å². The average molecular weight is 227 g/mol. The molecule has 0 bridgehead atoms. The summed E-state index contributed by atoms with van der Waals surface area (Å²) in [5.41, 5.74) is -0.101. The first-order chi connectivity index (χ1) is 7.11. The number of aliphatic carboxylic acids is 1. The highest BCUT2D eigenvalue weighted by molar-refractivity contribution is 5.83. The lowest BCUT2D eigenvalue weighted by Crippen LogP contribution is -2.59. The first-order valence-electron chi connectivity index (χ1n) is 5.49. The van der Waals surface area contributed by atoms with Crippen molar-refractivity contribution in [1.29, 1.82) is 0 Å². The van der Waals surface area contributed by atoms with Gasteiger partial charge in [0.25, 0.3) is 0 Å². The lowest BCUT2D eigenvalue weighted by Gasteiger charge is -2.46. The van der Waals surface area contributed by atoms with Crippen molar-refractivity contribution in [3.8, 4) is 0 Å². The second-order valence-corrected chi connectivity index (χ2v) is 5.77. The molecule has 0 saturated carbocycles. The summed E-state index contributed by atoms with van der Waals surface area (Å²) in [6.07, 6.45) is 1.47. The molecule has 4 heteroatoms. The van der Waals surface area contributed by atoms with Gasteiger partial charge in [-0.15, -0.1) is 0 Å². The molecule has 0 atom stereocenters. The molecular formula is C12H21NO3. The summed E-state index contributed by atoms with van der Waals surface area (Å²) in [5, 5.41) is 12.2. The van der Waals surface area contributed by atoms with E-state index in [1.165, 1.54) is 0 Å². The first kappa shape index (κ1) is 13.0. The Bertz CT molecular complexity index is 291. The van der Waals surface area contributed by atoms with Crippen LogP contribution >= 0.6 is 0 Å². The van der Waals surface area contributed by atoms with Crippen molar-refractivity contribution in [2.24, 2.45) is 0 Å². The second kappa shape index (κ2) is 4.09. The number of hydrogen-bond acceptors (Lipinski definition) is 3. The molecule has 1 aliphatic heterocycles. The maximum Gasteiger partial charge on any atom is 0.370 e. The molecule has 0 unspecified atom stereocenters. The monoisotopic (exact) mass is 227 g/mol. The SMILES string of the molecule is C=C(OC1CC(C)(C)NC(C)(C)C1)C(=O)O. The van der Waals surface area contributed by atoms with Crippen LogP contribution < -0.4 is 5.32 Å². The first-order valence-corrected chi connectivity index (χ1v) is 5.49. The van der Waals surface area contributed by atoms with Crippen molar-refractivity contribution in [1.82, 2.24) is 5.32 Å². The van der Waals surface area contributed by atoms with Gasteiger partial charge in [-0.25, -0.2) is 4.79 Å². The molecule has 0 radical (unpaired) electrons. The van der Waals surface area contributed by atoms with Crippen LogP contribution in [-0.2, 0) is 9.53 Å².